The van der Waals surface area contributed by atoms with Gasteiger partial charge in [-0.25, -0.2) is 0 Å². The van der Waals surface area contributed by atoms with Crippen LogP contribution in [0.3, 0.4) is 0 Å². The van der Waals surface area contributed by atoms with Gasteiger partial charge in [0.1, 0.15) is 0 Å². The van der Waals surface area contributed by atoms with Gasteiger partial charge in [0.2, 0.25) is 5.91 Å². The maximum Gasteiger partial charge on any atom is 0.234 e. The summed E-state index contributed by atoms with van der Waals surface area (Å²) in [6, 6.07) is 0.407. The highest BCUT2D eigenvalue weighted by Gasteiger charge is 2.25. The van der Waals surface area contributed by atoms with Crippen molar-refractivity contribution in [1.29, 1.82) is 0 Å². The molecule has 0 aromatic rings. The first-order valence-corrected chi connectivity index (χ1v) is 6.57. The van der Waals surface area contributed by atoms with Gasteiger partial charge >= 0.3 is 0 Å². The van der Waals surface area contributed by atoms with Crippen LogP contribution in [0.15, 0.2) is 0 Å². The standard InChI is InChI=1S/C13H28N2O/c1-6-11(5)14-10-12(16)15-13(7-2,8-3)9-4/h11,14H,6-10H2,1-5H3,(H,15,16). The molecule has 1 atom stereocenters. The lowest BCUT2D eigenvalue weighted by atomic mass is 9.90. The van der Waals surface area contributed by atoms with E-state index in [9.17, 15) is 4.79 Å². The highest BCUT2D eigenvalue weighted by molar-refractivity contribution is 5.78. The van der Waals surface area contributed by atoms with E-state index < -0.39 is 0 Å². The Morgan fingerprint density at radius 3 is 2.00 bits per heavy atom. The highest BCUT2D eigenvalue weighted by Crippen LogP contribution is 2.18. The van der Waals surface area contributed by atoms with Crippen molar-refractivity contribution in [2.24, 2.45) is 0 Å². The summed E-state index contributed by atoms with van der Waals surface area (Å²) in [4.78, 5) is 11.8. The van der Waals surface area contributed by atoms with Crippen LogP contribution in [0.25, 0.3) is 0 Å². The first-order chi connectivity index (χ1) is 7.53. The molecule has 0 aliphatic carbocycles. The molecule has 0 aliphatic heterocycles. The van der Waals surface area contributed by atoms with Gasteiger partial charge in [-0.05, 0) is 32.6 Å². The monoisotopic (exact) mass is 228 g/mol. The van der Waals surface area contributed by atoms with Crippen LogP contribution >= 0.6 is 0 Å². The summed E-state index contributed by atoms with van der Waals surface area (Å²) >= 11 is 0. The fourth-order valence-electron chi connectivity index (χ4n) is 1.77. The zero-order chi connectivity index (χ0) is 12.6. The fraction of sp³-hybridized carbons (Fsp3) is 0.923. The summed E-state index contributed by atoms with van der Waals surface area (Å²) in [6.07, 6.45) is 4.03. The Kier molecular flexibility index (Phi) is 7.39. The minimum absolute atomic E-state index is 0.00574. The number of nitrogens with one attached hydrogen (secondary N) is 2. The topological polar surface area (TPSA) is 41.1 Å². The fourth-order valence-corrected chi connectivity index (χ4v) is 1.77. The molecule has 0 aromatic carbocycles. The van der Waals surface area contributed by atoms with E-state index in [2.05, 4.69) is 45.3 Å². The summed E-state index contributed by atoms with van der Waals surface area (Å²) in [6.45, 7) is 11.0. The smallest absolute Gasteiger partial charge is 0.234 e. The Morgan fingerprint density at radius 1 is 1.12 bits per heavy atom. The molecular formula is C13H28N2O. The van der Waals surface area contributed by atoms with Gasteiger partial charge in [0, 0.05) is 11.6 Å². The molecule has 0 heterocycles. The summed E-state index contributed by atoms with van der Waals surface area (Å²) in [5, 5.41) is 6.37. The third kappa shape index (κ3) is 4.97. The third-order valence-electron chi connectivity index (χ3n) is 3.66. The number of carbonyl (C=O) groups excluding carboxylic acids is 1. The van der Waals surface area contributed by atoms with Gasteiger partial charge < -0.3 is 10.6 Å². The van der Waals surface area contributed by atoms with E-state index in [4.69, 9.17) is 0 Å². The van der Waals surface area contributed by atoms with Crippen molar-refractivity contribution < 1.29 is 4.79 Å². The van der Waals surface area contributed by atoms with Crippen molar-refractivity contribution in [1.82, 2.24) is 10.6 Å². The molecule has 1 unspecified atom stereocenters. The van der Waals surface area contributed by atoms with Gasteiger partial charge in [0.15, 0.2) is 0 Å². The van der Waals surface area contributed by atoms with Gasteiger partial charge in [-0.15, -0.1) is 0 Å². The van der Waals surface area contributed by atoms with Gasteiger partial charge in [0.05, 0.1) is 6.54 Å². The van der Waals surface area contributed by atoms with E-state index in [1.54, 1.807) is 0 Å². The molecule has 0 saturated heterocycles. The third-order valence-corrected chi connectivity index (χ3v) is 3.66. The Balaban J connectivity index is 4.10. The van der Waals surface area contributed by atoms with Gasteiger partial charge in [0.25, 0.3) is 0 Å². The second-order valence-corrected chi connectivity index (χ2v) is 4.58. The minimum atomic E-state index is -0.00574. The highest BCUT2D eigenvalue weighted by atomic mass is 16.2. The first-order valence-electron chi connectivity index (χ1n) is 6.57. The van der Waals surface area contributed by atoms with Crippen molar-refractivity contribution in [2.75, 3.05) is 6.54 Å². The first kappa shape index (κ1) is 15.4. The van der Waals surface area contributed by atoms with Crippen molar-refractivity contribution in [2.45, 2.75) is 71.9 Å². The number of rotatable bonds is 8. The SMILES string of the molecule is CCC(C)NCC(=O)NC(CC)(CC)CC. The molecular weight excluding hydrogens is 200 g/mol. The van der Waals surface area contributed by atoms with Crippen LogP contribution in [0.1, 0.15) is 60.3 Å². The molecule has 2 N–H and O–H groups in total. The number of hydrogen-bond donors (Lipinski definition) is 2. The molecule has 3 heteroatoms. The largest absolute Gasteiger partial charge is 0.350 e. The summed E-state index contributed by atoms with van der Waals surface area (Å²) in [5.74, 6) is 0.117. The van der Waals surface area contributed by atoms with E-state index in [0.717, 1.165) is 25.7 Å². The lowest BCUT2D eigenvalue weighted by Crippen LogP contribution is -2.50. The molecule has 0 aromatic heterocycles. The average Bonchev–Trinajstić information content (AvgIpc) is 2.33. The molecule has 96 valence electrons. The molecule has 0 bridgehead atoms. The Labute approximate surface area is 100 Å². The molecule has 0 saturated carbocycles. The van der Waals surface area contributed by atoms with E-state index in [1.807, 2.05) is 0 Å². The molecule has 0 rings (SSSR count). The van der Waals surface area contributed by atoms with Crippen LogP contribution < -0.4 is 10.6 Å². The Bertz CT molecular complexity index is 192. The molecule has 1 amide bonds. The summed E-state index contributed by atoms with van der Waals surface area (Å²) in [5.41, 5.74) is -0.00574. The van der Waals surface area contributed by atoms with Gasteiger partial charge in [-0.3, -0.25) is 4.79 Å². The van der Waals surface area contributed by atoms with Crippen molar-refractivity contribution >= 4 is 5.91 Å². The van der Waals surface area contributed by atoms with Gasteiger partial charge in [-0.1, -0.05) is 27.7 Å². The maximum atomic E-state index is 11.8. The van der Waals surface area contributed by atoms with Crippen molar-refractivity contribution in [3.63, 3.8) is 0 Å². The lowest BCUT2D eigenvalue weighted by molar-refractivity contribution is -0.122. The molecule has 3 nitrogen and oxygen atoms in total. The number of amides is 1. The van der Waals surface area contributed by atoms with Gasteiger partial charge in [-0.2, -0.15) is 0 Å². The summed E-state index contributed by atoms with van der Waals surface area (Å²) in [7, 11) is 0. The van der Waals surface area contributed by atoms with Crippen LogP contribution in [-0.2, 0) is 4.79 Å². The molecule has 16 heavy (non-hydrogen) atoms. The van der Waals surface area contributed by atoms with Crippen LogP contribution in [0.2, 0.25) is 0 Å². The van der Waals surface area contributed by atoms with E-state index in [0.29, 0.717) is 12.6 Å². The van der Waals surface area contributed by atoms with Crippen LogP contribution in [-0.4, -0.2) is 24.0 Å². The molecule has 0 aliphatic rings. The van der Waals surface area contributed by atoms with Crippen molar-refractivity contribution in [3.05, 3.63) is 0 Å². The van der Waals surface area contributed by atoms with Crippen LogP contribution in [0, 0.1) is 0 Å². The molecule has 0 radical (unpaired) electrons. The average molecular weight is 228 g/mol. The predicted molar refractivity (Wildman–Crippen MR) is 69.5 cm³/mol. The second kappa shape index (κ2) is 7.66. The van der Waals surface area contributed by atoms with E-state index >= 15 is 0 Å². The number of carbonyl (C=O) groups is 1. The zero-order valence-electron chi connectivity index (χ0n) is 11.5. The van der Waals surface area contributed by atoms with E-state index in [1.165, 1.54) is 0 Å². The second-order valence-electron chi connectivity index (χ2n) is 4.58. The lowest BCUT2D eigenvalue weighted by Gasteiger charge is -2.32. The molecule has 0 spiro atoms. The summed E-state index contributed by atoms with van der Waals surface area (Å²) < 4.78 is 0. The maximum absolute atomic E-state index is 11.8. The Morgan fingerprint density at radius 2 is 1.62 bits per heavy atom. The predicted octanol–water partition coefficient (Wildman–Crippen LogP) is 2.46. The Hall–Kier alpha value is -0.570. The van der Waals surface area contributed by atoms with E-state index in [-0.39, 0.29) is 11.4 Å². The normalized spacial score (nSPS) is 13.6. The van der Waals surface area contributed by atoms with Crippen LogP contribution in [0.5, 0.6) is 0 Å². The van der Waals surface area contributed by atoms with Crippen LogP contribution in [0.4, 0.5) is 0 Å². The quantitative estimate of drug-likeness (QED) is 0.670. The zero-order valence-corrected chi connectivity index (χ0v) is 11.5. The van der Waals surface area contributed by atoms with Crippen molar-refractivity contribution in [3.8, 4) is 0 Å². The minimum Gasteiger partial charge on any atom is -0.350 e. The molecule has 0 fully saturated rings. The number of hydrogen-bond acceptors (Lipinski definition) is 2.